The SMILES string of the molecule is CCS(=O)(=O)N(C)Cc1cc(/C(C=N)=C/Nc2c(Cl)cc(C(F)(C(F)(F)F)C(F)(F)F)cc2Cl)ccc1Cl. The van der Waals surface area contributed by atoms with Crippen molar-refractivity contribution >= 4 is 62.3 Å². The summed E-state index contributed by atoms with van der Waals surface area (Å²) < 4.78 is 118. The van der Waals surface area contributed by atoms with Gasteiger partial charge in [0.05, 0.1) is 21.5 Å². The van der Waals surface area contributed by atoms with Crippen LogP contribution in [0.4, 0.5) is 36.4 Å². The maximum Gasteiger partial charge on any atom is 0.435 e. The summed E-state index contributed by atoms with van der Waals surface area (Å²) in [6.45, 7) is 1.37. The molecule has 0 spiro atoms. The Labute approximate surface area is 228 Å². The normalized spacial score (nSPS) is 13.7. The molecular weight excluding hydrogens is 610 g/mol. The first-order valence-electron chi connectivity index (χ1n) is 10.3. The lowest BCUT2D eigenvalue weighted by Gasteiger charge is -2.30. The van der Waals surface area contributed by atoms with Crippen LogP contribution in [0.5, 0.6) is 0 Å². The monoisotopic (exact) mass is 627 g/mol. The van der Waals surface area contributed by atoms with Crippen LogP contribution in [0.2, 0.25) is 15.1 Å². The van der Waals surface area contributed by atoms with E-state index in [0.717, 1.165) is 16.7 Å². The molecule has 0 amide bonds. The summed E-state index contributed by atoms with van der Waals surface area (Å²) in [5, 5.41) is 8.89. The van der Waals surface area contributed by atoms with Crippen LogP contribution in [-0.2, 0) is 22.2 Å². The topological polar surface area (TPSA) is 73.3 Å². The zero-order chi connectivity index (χ0) is 29.3. The van der Waals surface area contributed by atoms with Crippen molar-refractivity contribution in [2.24, 2.45) is 0 Å². The Hall–Kier alpha value is -2.06. The van der Waals surface area contributed by atoms with Crippen LogP contribution in [0.1, 0.15) is 23.6 Å². The summed E-state index contributed by atoms with van der Waals surface area (Å²) >= 11 is 17.9. The Balaban J connectivity index is 2.47. The van der Waals surface area contributed by atoms with Crippen molar-refractivity contribution in [3.8, 4) is 0 Å². The summed E-state index contributed by atoms with van der Waals surface area (Å²) in [5.41, 5.74) is -7.09. The number of rotatable bonds is 9. The summed E-state index contributed by atoms with van der Waals surface area (Å²) in [5.74, 6) is -0.147. The van der Waals surface area contributed by atoms with Crippen molar-refractivity contribution in [3.05, 3.63) is 68.3 Å². The highest BCUT2D eigenvalue weighted by atomic mass is 35.5. The minimum atomic E-state index is -6.35. The zero-order valence-corrected chi connectivity index (χ0v) is 22.5. The zero-order valence-electron chi connectivity index (χ0n) is 19.4. The van der Waals surface area contributed by atoms with Crippen LogP contribution in [0.15, 0.2) is 36.5 Å². The number of benzene rings is 2. The third kappa shape index (κ3) is 6.56. The second kappa shape index (κ2) is 11.6. The molecule has 2 N–H and O–H groups in total. The first-order chi connectivity index (χ1) is 17.3. The molecule has 0 aromatic heterocycles. The van der Waals surface area contributed by atoms with Gasteiger partial charge in [0, 0.05) is 42.2 Å². The van der Waals surface area contributed by atoms with E-state index >= 15 is 0 Å². The molecular formula is C22H19Cl3F7N3O2S. The molecule has 0 heterocycles. The van der Waals surface area contributed by atoms with Gasteiger partial charge >= 0.3 is 18.0 Å². The average molecular weight is 629 g/mol. The molecule has 0 saturated carbocycles. The van der Waals surface area contributed by atoms with E-state index in [1.807, 2.05) is 0 Å². The molecule has 0 aliphatic carbocycles. The molecule has 0 aliphatic rings. The molecule has 0 fully saturated rings. The highest BCUT2D eigenvalue weighted by Crippen LogP contribution is 2.54. The van der Waals surface area contributed by atoms with Gasteiger partial charge in [-0.2, -0.15) is 26.3 Å². The Kier molecular flexibility index (Phi) is 9.80. The number of alkyl halides is 7. The van der Waals surface area contributed by atoms with Crippen LogP contribution in [0.25, 0.3) is 5.57 Å². The maximum absolute atomic E-state index is 14.4. The van der Waals surface area contributed by atoms with Gasteiger partial charge in [-0.1, -0.05) is 40.9 Å². The van der Waals surface area contributed by atoms with E-state index in [2.05, 4.69) is 5.32 Å². The van der Waals surface area contributed by atoms with Crippen LogP contribution in [0.3, 0.4) is 0 Å². The first kappa shape index (κ1) is 32.2. The highest BCUT2D eigenvalue weighted by molar-refractivity contribution is 7.89. The number of allylic oxidation sites excluding steroid dienone is 1. The lowest BCUT2D eigenvalue weighted by molar-refractivity contribution is -0.348. The van der Waals surface area contributed by atoms with Crippen molar-refractivity contribution in [1.82, 2.24) is 4.31 Å². The first-order valence-corrected chi connectivity index (χ1v) is 13.1. The number of sulfonamides is 1. The molecule has 0 unspecified atom stereocenters. The predicted octanol–water partition coefficient (Wildman–Crippen LogP) is 7.82. The summed E-state index contributed by atoms with van der Waals surface area (Å²) in [4.78, 5) is 0. The van der Waals surface area contributed by atoms with E-state index in [1.54, 1.807) is 0 Å². The largest absolute Gasteiger partial charge is 0.435 e. The second-order valence-corrected chi connectivity index (χ2v) is 11.4. The van der Waals surface area contributed by atoms with E-state index < -0.39 is 43.7 Å². The lowest BCUT2D eigenvalue weighted by atomic mass is 9.94. The number of nitrogens with one attached hydrogen (secondary N) is 2. The molecule has 38 heavy (non-hydrogen) atoms. The van der Waals surface area contributed by atoms with E-state index in [1.165, 1.54) is 32.2 Å². The minimum absolute atomic E-state index is 0.0932. The second-order valence-electron chi connectivity index (χ2n) is 7.82. The lowest BCUT2D eigenvalue weighted by Crippen LogP contribution is -2.50. The Bertz CT molecular complexity index is 1310. The Morgan fingerprint density at radius 3 is 1.95 bits per heavy atom. The molecule has 5 nitrogen and oxygen atoms in total. The third-order valence-electron chi connectivity index (χ3n) is 5.36. The van der Waals surface area contributed by atoms with Gasteiger partial charge in [-0.3, -0.25) is 0 Å². The van der Waals surface area contributed by atoms with Gasteiger partial charge in [0.1, 0.15) is 0 Å². The van der Waals surface area contributed by atoms with Gasteiger partial charge in [0.15, 0.2) is 0 Å². The van der Waals surface area contributed by atoms with Crippen LogP contribution in [0, 0.1) is 5.41 Å². The molecule has 0 aliphatic heterocycles. The van der Waals surface area contributed by atoms with E-state index in [4.69, 9.17) is 40.2 Å². The number of halogens is 10. The van der Waals surface area contributed by atoms with Crippen molar-refractivity contribution in [3.63, 3.8) is 0 Å². The van der Waals surface area contributed by atoms with Crippen LogP contribution >= 0.6 is 34.8 Å². The van der Waals surface area contributed by atoms with Gasteiger partial charge in [-0.05, 0) is 42.3 Å². The standard InChI is InChI=1S/C22H19Cl3F7N3O2S/c1-3-38(36,37)35(2)11-13-6-12(4-5-16(13)23)14(9-33)10-34-19-17(24)7-15(8-18(19)25)20(26,21(27,28)29)22(30,31)32/h4-10,33-34H,3,11H2,1-2H3/b14-10+,33-9?. The fourth-order valence-electron chi connectivity index (χ4n) is 3.19. The number of hydrogen-bond acceptors (Lipinski definition) is 4. The molecule has 0 radical (unpaired) electrons. The summed E-state index contributed by atoms with van der Waals surface area (Å²) in [6.07, 6.45) is -10.7. The van der Waals surface area contributed by atoms with Gasteiger partial charge < -0.3 is 10.7 Å². The summed E-state index contributed by atoms with van der Waals surface area (Å²) in [6, 6.07) is 4.71. The molecule has 0 atom stereocenters. The van der Waals surface area contributed by atoms with Gasteiger partial charge in [-0.25, -0.2) is 17.1 Å². The minimum Gasteiger partial charge on any atom is -0.359 e. The fraction of sp³-hybridized carbons (Fsp3) is 0.318. The van der Waals surface area contributed by atoms with Crippen LogP contribution < -0.4 is 5.32 Å². The molecule has 0 saturated heterocycles. The Morgan fingerprint density at radius 1 is 0.974 bits per heavy atom. The third-order valence-corrected chi connectivity index (χ3v) is 8.13. The van der Waals surface area contributed by atoms with E-state index in [-0.39, 0.29) is 40.7 Å². The van der Waals surface area contributed by atoms with Crippen LogP contribution in [-0.4, -0.2) is 44.1 Å². The van der Waals surface area contributed by atoms with Gasteiger partial charge in [-0.15, -0.1) is 0 Å². The average Bonchev–Trinajstić information content (AvgIpc) is 2.80. The predicted molar refractivity (Wildman–Crippen MR) is 134 cm³/mol. The number of anilines is 1. The Morgan fingerprint density at radius 2 is 1.50 bits per heavy atom. The van der Waals surface area contributed by atoms with E-state index in [0.29, 0.717) is 11.1 Å². The van der Waals surface area contributed by atoms with Gasteiger partial charge in [0.25, 0.3) is 0 Å². The molecule has 2 aromatic carbocycles. The van der Waals surface area contributed by atoms with Gasteiger partial charge in [0.2, 0.25) is 10.0 Å². The van der Waals surface area contributed by atoms with Crippen molar-refractivity contribution < 1.29 is 39.2 Å². The smallest absolute Gasteiger partial charge is 0.359 e. The number of nitrogens with zero attached hydrogens (tertiary/aromatic N) is 1. The molecule has 0 bridgehead atoms. The van der Waals surface area contributed by atoms with E-state index in [9.17, 15) is 39.2 Å². The molecule has 2 rings (SSSR count). The molecule has 16 heteroatoms. The number of hydrogen-bond donors (Lipinski definition) is 2. The molecule has 210 valence electrons. The van der Waals surface area contributed by atoms with Crippen molar-refractivity contribution in [1.29, 1.82) is 5.41 Å². The van der Waals surface area contributed by atoms with Crippen molar-refractivity contribution in [2.45, 2.75) is 31.5 Å². The summed E-state index contributed by atoms with van der Waals surface area (Å²) in [7, 11) is -2.18. The fourth-order valence-corrected chi connectivity index (χ4v) is 4.74. The maximum atomic E-state index is 14.4. The highest BCUT2D eigenvalue weighted by Gasteiger charge is 2.73. The molecule has 2 aromatic rings. The van der Waals surface area contributed by atoms with Crippen molar-refractivity contribution in [2.75, 3.05) is 18.1 Å². The quantitative estimate of drug-likeness (QED) is 0.220.